The zero-order valence-electron chi connectivity index (χ0n) is 21.4. The van der Waals surface area contributed by atoms with Gasteiger partial charge in [-0.05, 0) is 32.5 Å². The van der Waals surface area contributed by atoms with Gasteiger partial charge in [-0.1, -0.05) is 0 Å². The van der Waals surface area contributed by atoms with Crippen LogP contribution in [0.3, 0.4) is 0 Å². The first-order valence-corrected chi connectivity index (χ1v) is 12.6. The van der Waals surface area contributed by atoms with Crippen LogP contribution in [0.2, 0.25) is 0 Å². The molecule has 4 rings (SSSR count). The fraction of sp³-hybridized carbons (Fsp3) is 0.682. The standard InChI is InChI=1S/C22H36N10O5.Zn/c23-19-15-20(29-12-28-19)32(13-30-15)22-17(35)16(34)18(37-22)21(36)27-11-14(33)31-9-2-5-25-7-6-24-3-1-4-26-8-10-31;/h12-13,16-18,22,24-26,34-35H,1-11H2,(H,27,36)(H2,23,28,29);/q;+2/t16-,17+,18-,22+;/m0./s1. The molecule has 0 unspecified atom stereocenters. The van der Waals surface area contributed by atoms with Crippen molar-refractivity contribution in [3.8, 4) is 0 Å². The molecular weight excluding hydrogens is 550 g/mol. The number of anilines is 1. The predicted molar refractivity (Wildman–Crippen MR) is 133 cm³/mol. The molecule has 2 saturated heterocycles. The molecule has 4 atom stereocenters. The number of nitrogens with zero attached hydrogens (tertiary/aromatic N) is 5. The smallest absolute Gasteiger partial charge is 0.387 e. The minimum atomic E-state index is -1.52. The molecule has 2 aromatic rings. The van der Waals surface area contributed by atoms with E-state index >= 15 is 0 Å². The summed E-state index contributed by atoms with van der Waals surface area (Å²) in [5, 5.41) is 33.7. The van der Waals surface area contributed by atoms with Crippen molar-refractivity contribution < 1.29 is 44.0 Å². The summed E-state index contributed by atoms with van der Waals surface area (Å²) in [6.45, 7) is 5.81. The first kappa shape index (κ1) is 30.2. The van der Waals surface area contributed by atoms with Crippen molar-refractivity contribution in [3.63, 3.8) is 0 Å². The molecule has 2 aromatic heterocycles. The molecule has 2 aliphatic heterocycles. The minimum Gasteiger partial charge on any atom is -0.387 e. The maximum atomic E-state index is 12.9. The van der Waals surface area contributed by atoms with Gasteiger partial charge in [0, 0.05) is 32.7 Å². The Labute approximate surface area is 233 Å². The van der Waals surface area contributed by atoms with Crippen LogP contribution in [0.4, 0.5) is 5.82 Å². The number of rotatable bonds is 4. The number of aliphatic hydroxyl groups excluding tert-OH is 2. The first-order valence-electron chi connectivity index (χ1n) is 12.6. The van der Waals surface area contributed by atoms with Crippen molar-refractivity contribution >= 4 is 28.8 Å². The zero-order valence-corrected chi connectivity index (χ0v) is 24.3. The fourth-order valence-corrected chi connectivity index (χ4v) is 4.40. The number of fused-ring (bicyclic) bond motifs is 1. The first-order chi connectivity index (χ1) is 18.0. The van der Waals surface area contributed by atoms with E-state index in [9.17, 15) is 19.8 Å². The molecule has 0 spiro atoms. The summed E-state index contributed by atoms with van der Waals surface area (Å²) in [6, 6.07) is 0. The number of amides is 2. The number of nitrogens with two attached hydrogens (primary N) is 1. The second-order valence-corrected chi connectivity index (χ2v) is 9.07. The summed E-state index contributed by atoms with van der Waals surface area (Å²) in [5.74, 6) is -0.781. The number of hydrogen-bond donors (Lipinski definition) is 7. The van der Waals surface area contributed by atoms with Gasteiger partial charge in [-0.25, -0.2) is 15.0 Å². The van der Waals surface area contributed by atoms with Crippen molar-refractivity contribution in [2.24, 2.45) is 0 Å². The number of aliphatic hydroxyl groups is 2. The third-order valence-electron chi connectivity index (χ3n) is 6.45. The molecule has 0 aliphatic carbocycles. The van der Waals surface area contributed by atoms with Gasteiger partial charge in [-0.15, -0.1) is 0 Å². The third kappa shape index (κ3) is 7.41. The molecule has 0 saturated carbocycles. The number of hydrogen-bond acceptors (Lipinski definition) is 12. The van der Waals surface area contributed by atoms with Crippen LogP contribution in [0.1, 0.15) is 19.1 Å². The van der Waals surface area contributed by atoms with Gasteiger partial charge in [-0.2, -0.15) is 0 Å². The van der Waals surface area contributed by atoms with Crippen molar-refractivity contribution in [3.05, 3.63) is 12.7 Å². The molecule has 204 valence electrons. The van der Waals surface area contributed by atoms with E-state index in [-0.39, 0.29) is 37.7 Å². The van der Waals surface area contributed by atoms with Gasteiger partial charge in [0.25, 0.3) is 5.91 Å². The van der Waals surface area contributed by atoms with Crippen LogP contribution in [0, 0.1) is 0 Å². The Morgan fingerprint density at radius 1 is 1.00 bits per heavy atom. The van der Waals surface area contributed by atoms with Crippen LogP contribution in [0.5, 0.6) is 0 Å². The summed E-state index contributed by atoms with van der Waals surface area (Å²) in [7, 11) is 0. The Morgan fingerprint density at radius 2 is 1.71 bits per heavy atom. The number of nitrogens with one attached hydrogen (secondary N) is 4. The normalized spacial score (nSPS) is 25.9. The molecular formula is C22H36N10O5Zn+2. The quantitative estimate of drug-likeness (QED) is 0.175. The fourth-order valence-electron chi connectivity index (χ4n) is 4.40. The Balaban J connectivity index is 0.00000400. The van der Waals surface area contributed by atoms with Crippen LogP contribution in [-0.2, 0) is 33.8 Å². The summed E-state index contributed by atoms with van der Waals surface area (Å²) in [4.78, 5) is 39.5. The third-order valence-corrected chi connectivity index (χ3v) is 6.45. The van der Waals surface area contributed by atoms with Crippen molar-refractivity contribution in [1.29, 1.82) is 0 Å². The van der Waals surface area contributed by atoms with E-state index in [1.54, 1.807) is 4.90 Å². The molecule has 4 heterocycles. The molecule has 0 bridgehead atoms. The van der Waals surface area contributed by atoms with Crippen molar-refractivity contribution in [2.75, 3.05) is 64.6 Å². The molecule has 2 amide bonds. The average Bonchev–Trinajstić information content (AvgIpc) is 3.45. The van der Waals surface area contributed by atoms with Gasteiger partial charge < -0.3 is 46.9 Å². The van der Waals surface area contributed by atoms with Crippen LogP contribution in [0.25, 0.3) is 11.2 Å². The van der Waals surface area contributed by atoms with Crippen molar-refractivity contribution in [1.82, 2.24) is 45.7 Å². The SMILES string of the molecule is Nc1ncnc2c1ncn2[C@@H]1O[C@H](C(=O)NCC(=O)N2CCCNCCNCCCNCC2)[C@@H](O)[C@H]1O.[Zn+2]. The molecule has 0 radical (unpaired) electrons. The topological polar surface area (TPSA) is 205 Å². The Morgan fingerprint density at radius 3 is 2.47 bits per heavy atom. The molecule has 8 N–H and O–H groups in total. The molecule has 15 nitrogen and oxygen atoms in total. The number of carbonyl (C=O) groups is 2. The van der Waals surface area contributed by atoms with Crippen LogP contribution in [0.15, 0.2) is 12.7 Å². The predicted octanol–water partition coefficient (Wildman–Crippen LogP) is -3.47. The molecule has 2 fully saturated rings. The van der Waals surface area contributed by atoms with Gasteiger partial charge >= 0.3 is 19.5 Å². The second-order valence-electron chi connectivity index (χ2n) is 9.07. The Bertz CT molecular complexity index is 1040. The summed E-state index contributed by atoms with van der Waals surface area (Å²) >= 11 is 0. The van der Waals surface area contributed by atoms with E-state index < -0.39 is 30.4 Å². The van der Waals surface area contributed by atoms with E-state index in [0.717, 1.165) is 45.6 Å². The zero-order chi connectivity index (χ0) is 26.2. The average molecular weight is 586 g/mol. The molecule has 38 heavy (non-hydrogen) atoms. The number of imidazole rings is 1. The number of ether oxygens (including phenoxy) is 1. The van der Waals surface area contributed by atoms with Crippen LogP contribution >= 0.6 is 0 Å². The van der Waals surface area contributed by atoms with Gasteiger partial charge in [0.15, 0.2) is 23.8 Å². The van der Waals surface area contributed by atoms with Gasteiger partial charge in [0.1, 0.15) is 24.1 Å². The van der Waals surface area contributed by atoms with Gasteiger partial charge in [0.2, 0.25) is 5.91 Å². The monoisotopic (exact) mass is 584 g/mol. The van der Waals surface area contributed by atoms with Gasteiger partial charge in [-0.3, -0.25) is 14.2 Å². The van der Waals surface area contributed by atoms with Gasteiger partial charge in [0.05, 0.1) is 12.9 Å². The van der Waals surface area contributed by atoms with Crippen LogP contribution < -0.4 is 27.0 Å². The van der Waals surface area contributed by atoms with E-state index in [1.807, 2.05) is 0 Å². The Kier molecular flexibility index (Phi) is 11.7. The minimum absolute atomic E-state index is 0. The summed E-state index contributed by atoms with van der Waals surface area (Å²) < 4.78 is 7.08. The van der Waals surface area contributed by atoms with E-state index in [4.69, 9.17) is 10.5 Å². The van der Waals surface area contributed by atoms with Crippen molar-refractivity contribution in [2.45, 2.75) is 37.4 Å². The van der Waals surface area contributed by atoms with E-state index in [2.05, 4.69) is 36.2 Å². The molecule has 16 heteroatoms. The number of carbonyl (C=O) groups excluding carboxylic acids is 2. The largest absolute Gasteiger partial charge is 2.00 e. The summed E-state index contributed by atoms with van der Waals surface area (Å²) in [5.41, 5.74) is 6.41. The molecule has 0 aromatic carbocycles. The number of aromatic nitrogens is 4. The molecule has 2 aliphatic rings. The second kappa shape index (κ2) is 14.7. The van der Waals surface area contributed by atoms with E-state index in [0.29, 0.717) is 30.8 Å². The summed E-state index contributed by atoms with van der Waals surface area (Å²) in [6.07, 6.45) is -1.09. The Hall–Kier alpha value is -2.33. The maximum absolute atomic E-state index is 12.9. The number of nitrogen functional groups attached to an aromatic ring is 1. The van der Waals surface area contributed by atoms with Crippen LogP contribution in [-0.4, -0.2) is 124 Å². The van der Waals surface area contributed by atoms with E-state index in [1.165, 1.54) is 17.2 Å². The maximum Gasteiger partial charge on any atom is 2.00 e.